The highest BCUT2D eigenvalue weighted by Crippen LogP contribution is 2.39. The molecule has 0 saturated heterocycles. The molecule has 2 aromatic carbocycles. The first-order valence-corrected chi connectivity index (χ1v) is 11.4. The quantitative estimate of drug-likeness (QED) is 0.450. The molecule has 2 N–H and O–H groups in total. The largest absolute Gasteiger partial charge is 0.348 e. The van der Waals surface area contributed by atoms with Crippen molar-refractivity contribution in [2.45, 2.75) is 22.9 Å². The molecule has 6 nitrogen and oxygen atoms in total. The molecular weight excluding hydrogens is 430 g/mol. The fourth-order valence-electron chi connectivity index (χ4n) is 3.49. The summed E-state index contributed by atoms with van der Waals surface area (Å²) in [5.41, 5.74) is 4.52. The number of rotatable bonds is 5. The molecule has 0 atom stereocenters. The number of hydrogen-bond acceptors (Lipinski definition) is 5. The van der Waals surface area contributed by atoms with Gasteiger partial charge < -0.3 is 10.6 Å². The van der Waals surface area contributed by atoms with Crippen LogP contribution in [0.15, 0.2) is 106 Å². The number of hydrogen-bond donors (Lipinski definition) is 2. The van der Waals surface area contributed by atoms with E-state index in [1.54, 1.807) is 30.4 Å². The number of nitrogens with one attached hydrogen (secondary N) is 2. The van der Waals surface area contributed by atoms with Gasteiger partial charge in [0.15, 0.2) is 0 Å². The Bertz CT molecular complexity index is 1310. The maximum absolute atomic E-state index is 12.8. The van der Waals surface area contributed by atoms with E-state index >= 15 is 0 Å². The zero-order valence-corrected chi connectivity index (χ0v) is 18.5. The molecule has 162 valence electrons. The number of aromatic nitrogens is 2. The Balaban J connectivity index is 1.42. The van der Waals surface area contributed by atoms with Crippen LogP contribution in [0.3, 0.4) is 0 Å². The van der Waals surface area contributed by atoms with Gasteiger partial charge in [-0.15, -0.1) is 0 Å². The van der Waals surface area contributed by atoms with Crippen molar-refractivity contribution < 1.29 is 4.79 Å². The molecule has 0 radical (unpaired) electrons. The minimum absolute atomic E-state index is 0.128. The van der Waals surface area contributed by atoms with E-state index in [1.807, 2.05) is 60.8 Å². The summed E-state index contributed by atoms with van der Waals surface area (Å²) in [4.78, 5) is 28.0. The van der Waals surface area contributed by atoms with Crippen molar-refractivity contribution in [2.75, 3.05) is 5.32 Å². The third kappa shape index (κ3) is 4.94. The highest BCUT2D eigenvalue weighted by Gasteiger charge is 2.19. The molecule has 33 heavy (non-hydrogen) atoms. The number of amides is 1. The summed E-state index contributed by atoms with van der Waals surface area (Å²) in [6.45, 7) is 0.959. The lowest BCUT2D eigenvalue weighted by molar-refractivity contribution is 0.0951. The Labute approximate surface area is 196 Å². The number of benzene rings is 2. The number of aliphatic imine (C=N–C) groups is 1. The van der Waals surface area contributed by atoms with E-state index in [0.29, 0.717) is 18.7 Å². The van der Waals surface area contributed by atoms with Gasteiger partial charge in [-0.05, 0) is 53.6 Å². The molecule has 0 aliphatic carbocycles. The average molecular weight is 452 g/mol. The zero-order chi connectivity index (χ0) is 22.5. The van der Waals surface area contributed by atoms with Gasteiger partial charge in [0.05, 0.1) is 12.2 Å². The Morgan fingerprint density at radius 3 is 2.64 bits per heavy atom. The normalized spacial score (nSPS) is 13.4. The van der Waals surface area contributed by atoms with Crippen molar-refractivity contribution in [2.24, 2.45) is 4.99 Å². The number of anilines is 1. The van der Waals surface area contributed by atoms with Gasteiger partial charge in [-0.2, -0.15) is 0 Å². The molecule has 0 saturated carbocycles. The van der Waals surface area contributed by atoms with Gasteiger partial charge in [-0.3, -0.25) is 19.8 Å². The lowest BCUT2D eigenvalue weighted by Gasteiger charge is -2.12. The van der Waals surface area contributed by atoms with E-state index in [4.69, 9.17) is 4.99 Å². The third-order valence-electron chi connectivity index (χ3n) is 5.20. The van der Waals surface area contributed by atoms with Crippen molar-refractivity contribution >= 4 is 29.2 Å². The number of fused-ring (bicyclic) bond motifs is 2. The minimum Gasteiger partial charge on any atom is -0.348 e. The second-order valence-corrected chi connectivity index (χ2v) is 8.58. The summed E-state index contributed by atoms with van der Waals surface area (Å²) in [6, 6.07) is 21.6. The molecule has 7 heteroatoms. The van der Waals surface area contributed by atoms with Crippen molar-refractivity contribution in [3.05, 3.63) is 114 Å². The molecule has 1 amide bonds. The van der Waals surface area contributed by atoms with Crippen molar-refractivity contribution in [3.8, 4) is 0 Å². The van der Waals surface area contributed by atoms with Crippen LogP contribution in [0.5, 0.6) is 0 Å². The molecule has 4 aromatic rings. The molecule has 1 aliphatic rings. The monoisotopic (exact) mass is 451 g/mol. The first-order chi connectivity index (χ1) is 16.3. The standard InChI is InChI=1S/C26H21N5OS/c32-26(30-16-18-9-12-27-13-10-18)20-7-8-24-22(14-20)31-25(21-5-1-2-6-23(21)33-24)29-17-19-4-3-11-28-15-19/h1-15H,16-17H2,(H,29,31)(H,30,32). The van der Waals surface area contributed by atoms with Crippen LogP contribution in [0.25, 0.3) is 0 Å². The van der Waals surface area contributed by atoms with Gasteiger partial charge in [-0.25, -0.2) is 0 Å². The van der Waals surface area contributed by atoms with Gasteiger partial charge >= 0.3 is 0 Å². The van der Waals surface area contributed by atoms with E-state index in [9.17, 15) is 4.79 Å². The number of carbonyl (C=O) groups is 1. The van der Waals surface area contributed by atoms with E-state index < -0.39 is 0 Å². The fourth-order valence-corrected chi connectivity index (χ4v) is 4.51. The summed E-state index contributed by atoms with van der Waals surface area (Å²) in [6.07, 6.45) is 7.01. The summed E-state index contributed by atoms with van der Waals surface area (Å²) in [7, 11) is 0. The number of pyridine rings is 2. The minimum atomic E-state index is -0.128. The summed E-state index contributed by atoms with van der Waals surface area (Å²) < 4.78 is 0. The molecule has 0 spiro atoms. The lowest BCUT2D eigenvalue weighted by Crippen LogP contribution is -2.23. The van der Waals surface area contributed by atoms with Crippen molar-refractivity contribution in [1.29, 1.82) is 0 Å². The summed E-state index contributed by atoms with van der Waals surface area (Å²) in [5, 5.41) is 6.45. The van der Waals surface area contributed by atoms with Gasteiger partial charge in [0.1, 0.15) is 5.84 Å². The van der Waals surface area contributed by atoms with Gasteiger partial charge in [0, 0.05) is 52.3 Å². The summed E-state index contributed by atoms with van der Waals surface area (Å²) in [5.74, 6) is 0.645. The lowest BCUT2D eigenvalue weighted by atomic mass is 10.1. The molecule has 3 heterocycles. The smallest absolute Gasteiger partial charge is 0.251 e. The Morgan fingerprint density at radius 2 is 1.79 bits per heavy atom. The zero-order valence-electron chi connectivity index (χ0n) is 17.7. The van der Waals surface area contributed by atoms with Crippen LogP contribution in [0, 0.1) is 0 Å². The molecular formula is C26H21N5OS. The second-order valence-electron chi connectivity index (χ2n) is 7.50. The van der Waals surface area contributed by atoms with Crippen LogP contribution >= 0.6 is 11.8 Å². The SMILES string of the molecule is O=C(NCc1ccncc1)c1ccc2c(c1)NC(=NCc1cccnc1)c1ccccc1S2. The Kier molecular flexibility index (Phi) is 6.12. The van der Waals surface area contributed by atoms with Gasteiger partial charge in [-0.1, -0.05) is 36.0 Å². The van der Waals surface area contributed by atoms with Crippen molar-refractivity contribution in [3.63, 3.8) is 0 Å². The van der Waals surface area contributed by atoms with E-state index in [1.165, 1.54) is 0 Å². The number of amidine groups is 1. The molecule has 1 aliphatic heterocycles. The molecule has 0 bridgehead atoms. The molecule has 2 aromatic heterocycles. The number of carbonyl (C=O) groups excluding carboxylic acids is 1. The maximum atomic E-state index is 12.8. The van der Waals surface area contributed by atoms with Gasteiger partial charge in [0.25, 0.3) is 5.91 Å². The first-order valence-electron chi connectivity index (χ1n) is 10.5. The second kappa shape index (κ2) is 9.67. The predicted molar refractivity (Wildman–Crippen MR) is 131 cm³/mol. The fraction of sp³-hybridized carbons (Fsp3) is 0.0769. The van der Waals surface area contributed by atoms with Crippen LogP contribution in [-0.4, -0.2) is 21.7 Å². The molecule has 0 fully saturated rings. The third-order valence-corrected chi connectivity index (χ3v) is 6.35. The molecule has 5 rings (SSSR count). The van der Waals surface area contributed by atoms with E-state index in [-0.39, 0.29) is 5.91 Å². The number of nitrogens with zero attached hydrogens (tertiary/aromatic N) is 3. The van der Waals surface area contributed by atoms with Crippen LogP contribution in [-0.2, 0) is 13.1 Å². The van der Waals surface area contributed by atoms with Crippen LogP contribution < -0.4 is 10.6 Å². The van der Waals surface area contributed by atoms with Crippen LogP contribution in [0.4, 0.5) is 5.69 Å². The van der Waals surface area contributed by atoms with Crippen LogP contribution in [0.1, 0.15) is 27.0 Å². The predicted octanol–water partition coefficient (Wildman–Crippen LogP) is 4.93. The topological polar surface area (TPSA) is 79.3 Å². The Morgan fingerprint density at radius 1 is 0.909 bits per heavy atom. The Hall–Kier alpha value is -3.97. The maximum Gasteiger partial charge on any atom is 0.251 e. The van der Waals surface area contributed by atoms with Gasteiger partial charge in [0.2, 0.25) is 0 Å². The first kappa shape index (κ1) is 20.9. The van der Waals surface area contributed by atoms with E-state index in [0.717, 1.165) is 38.0 Å². The van der Waals surface area contributed by atoms with Crippen LogP contribution in [0.2, 0.25) is 0 Å². The average Bonchev–Trinajstić information content (AvgIpc) is 3.03. The summed E-state index contributed by atoms with van der Waals surface area (Å²) >= 11 is 1.67. The molecule has 0 unspecified atom stereocenters. The van der Waals surface area contributed by atoms with Crippen molar-refractivity contribution in [1.82, 2.24) is 15.3 Å². The highest BCUT2D eigenvalue weighted by molar-refractivity contribution is 7.99. The highest BCUT2D eigenvalue weighted by atomic mass is 32.2. The van der Waals surface area contributed by atoms with E-state index in [2.05, 4.69) is 32.7 Å².